The van der Waals surface area contributed by atoms with Gasteiger partial charge in [0, 0.05) is 5.41 Å². The summed E-state index contributed by atoms with van der Waals surface area (Å²) in [5.41, 5.74) is 1.37. The molecule has 0 amide bonds. The Morgan fingerprint density at radius 1 is 1.33 bits per heavy atom. The van der Waals surface area contributed by atoms with Crippen LogP contribution in [0.3, 0.4) is 0 Å². The highest BCUT2D eigenvalue weighted by Gasteiger charge is 2.28. The highest BCUT2D eigenvalue weighted by Crippen LogP contribution is 2.25. The van der Waals surface area contributed by atoms with Gasteiger partial charge in [-0.2, -0.15) is 5.10 Å². The first kappa shape index (κ1) is 12.3. The first-order valence-corrected chi connectivity index (χ1v) is 5.74. The first-order chi connectivity index (χ1) is 8.64. The third-order valence-electron chi connectivity index (χ3n) is 3.12. The average molecular weight is 244 g/mol. The molecule has 2 rings (SSSR count). The summed E-state index contributed by atoms with van der Waals surface area (Å²) < 4.78 is 1.64. The number of hydrogen-bond acceptors (Lipinski definition) is 4. The predicted octanol–water partition coefficient (Wildman–Crippen LogP) is 2.09. The molecule has 0 radical (unpaired) electrons. The fourth-order valence-electron chi connectivity index (χ4n) is 1.84. The van der Waals surface area contributed by atoms with Crippen molar-refractivity contribution in [2.75, 3.05) is 0 Å². The average Bonchev–Trinajstić information content (AvgIpc) is 2.89. The highest BCUT2D eigenvalue weighted by atomic mass is 16.4. The van der Waals surface area contributed by atoms with Crippen LogP contribution in [0, 0.1) is 0 Å². The molecule has 1 heterocycles. The lowest BCUT2D eigenvalue weighted by Gasteiger charge is -2.26. The van der Waals surface area contributed by atoms with E-state index < -0.39 is 0 Å². The molecule has 0 aliphatic carbocycles. The summed E-state index contributed by atoms with van der Waals surface area (Å²) >= 11 is 0. The van der Waals surface area contributed by atoms with Crippen molar-refractivity contribution < 1.29 is 5.21 Å². The van der Waals surface area contributed by atoms with E-state index in [1.165, 1.54) is 6.33 Å². The molecule has 1 N–H and O–H groups in total. The largest absolute Gasteiger partial charge is 0.411 e. The quantitative estimate of drug-likeness (QED) is 0.509. The van der Waals surface area contributed by atoms with Crippen molar-refractivity contribution in [2.24, 2.45) is 5.16 Å². The summed E-state index contributed by atoms with van der Waals surface area (Å²) in [4.78, 5) is 3.88. The van der Waals surface area contributed by atoms with Crippen molar-refractivity contribution in [2.45, 2.75) is 25.8 Å². The van der Waals surface area contributed by atoms with E-state index in [2.05, 4.69) is 15.2 Å². The van der Waals surface area contributed by atoms with Crippen molar-refractivity contribution in [3.8, 4) is 0 Å². The molecule has 0 aliphatic rings. The zero-order valence-electron chi connectivity index (χ0n) is 10.5. The Hall–Kier alpha value is -2.17. The molecule has 94 valence electrons. The molecule has 0 saturated carbocycles. The van der Waals surface area contributed by atoms with Gasteiger partial charge in [-0.3, -0.25) is 0 Å². The summed E-state index contributed by atoms with van der Waals surface area (Å²) in [7, 11) is 0. The number of nitrogens with zero attached hydrogens (tertiary/aromatic N) is 4. The molecule has 5 heteroatoms. The lowest BCUT2D eigenvalue weighted by Crippen LogP contribution is -2.32. The van der Waals surface area contributed by atoms with Crippen LogP contribution in [0.5, 0.6) is 0 Å². The standard InChI is InChI=1S/C13H16N4O/c1-13(2,11-6-4-3-5-7-11)12(16-18)8-17-10-14-9-15-17/h3-7,9-10,18H,8H2,1-2H3/b16-12-. The summed E-state index contributed by atoms with van der Waals surface area (Å²) in [5, 5.41) is 16.7. The van der Waals surface area contributed by atoms with E-state index in [0.717, 1.165) is 5.56 Å². The van der Waals surface area contributed by atoms with Crippen molar-refractivity contribution in [1.82, 2.24) is 14.8 Å². The topological polar surface area (TPSA) is 63.3 Å². The van der Waals surface area contributed by atoms with E-state index in [1.54, 1.807) is 11.0 Å². The third-order valence-corrected chi connectivity index (χ3v) is 3.12. The minimum atomic E-state index is -0.359. The van der Waals surface area contributed by atoms with Gasteiger partial charge < -0.3 is 5.21 Å². The lowest BCUT2D eigenvalue weighted by atomic mass is 9.80. The summed E-state index contributed by atoms with van der Waals surface area (Å²) in [6, 6.07) is 9.95. The minimum absolute atomic E-state index is 0.359. The van der Waals surface area contributed by atoms with E-state index in [0.29, 0.717) is 12.3 Å². The van der Waals surface area contributed by atoms with Crippen LogP contribution in [0.25, 0.3) is 0 Å². The smallest absolute Gasteiger partial charge is 0.137 e. The fraction of sp³-hybridized carbons (Fsp3) is 0.308. The van der Waals surface area contributed by atoms with Crippen molar-refractivity contribution >= 4 is 5.71 Å². The van der Waals surface area contributed by atoms with E-state index in [-0.39, 0.29) is 5.41 Å². The van der Waals surface area contributed by atoms with E-state index >= 15 is 0 Å². The normalized spacial score (nSPS) is 12.7. The van der Waals surface area contributed by atoms with Gasteiger partial charge in [0.2, 0.25) is 0 Å². The molecular weight excluding hydrogens is 228 g/mol. The van der Waals surface area contributed by atoms with E-state index in [1.807, 2.05) is 44.2 Å². The Labute approximate surface area is 106 Å². The van der Waals surface area contributed by atoms with Gasteiger partial charge in [-0.25, -0.2) is 9.67 Å². The highest BCUT2D eigenvalue weighted by molar-refractivity contribution is 5.93. The Kier molecular flexibility index (Phi) is 3.41. The van der Waals surface area contributed by atoms with E-state index in [9.17, 15) is 5.21 Å². The first-order valence-electron chi connectivity index (χ1n) is 5.74. The fourth-order valence-corrected chi connectivity index (χ4v) is 1.84. The van der Waals surface area contributed by atoms with Gasteiger partial charge in [0.1, 0.15) is 12.7 Å². The summed E-state index contributed by atoms with van der Waals surface area (Å²) in [6.07, 6.45) is 3.07. The monoisotopic (exact) mass is 244 g/mol. The van der Waals surface area contributed by atoms with Crippen LogP contribution in [0.2, 0.25) is 0 Å². The Morgan fingerprint density at radius 3 is 2.61 bits per heavy atom. The summed E-state index contributed by atoms with van der Waals surface area (Å²) in [6.45, 7) is 4.46. The van der Waals surface area contributed by atoms with Crippen LogP contribution in [-0.4, -0.2) is 25.7 Å². The van der Waals surface area contributed by atoms with Crippen LogP contribution in [0.15, 0.2) is 48.1 Å². The van der Waals surface area contributed by atoms with Gasteiger partial charge in [0.05, 0.1) is 12.3 Å². The van der Waals surface area contributed by atoms with Gasteiger partial charge in [0.25, 0.3) is 0 Å². The molecule has 1 aromatic carbocycles. The minimum Gasteiger partial charge on any atom is -0.411 e. The number of oxime groups is 1. The van der Waals surface area contributed by atoms with Crippen LogP contribution in [-0.2, 0) is 12.0 Å². The molecule has 0 spiro atoms. The molecule has 0 atom stereocenters. The van der Waals surface area contributed by atoms with Gasteiger partial charge in [-0.15, -0.1) is 0 Å². The molecule has 1 aromatic heterocycles. The molecule has 0 fully saturated rings. The van der Waals surface area contributed by atoms with Crippen molar-refractivity contribution in [3.63, 3.8) is 0 Å². The van der Waals surface area contributed by atoms with Crippen LogP contribution < -0.4 is 0 Å². The molecule has 0 unspecified atom stereocenters. The second-order valence-corrected chi connectivity index (χ2v) is 4.63. The number of aromatic nitrogens is 3. The number of hydrogen-bond donors (Lipinski definition) is 1. The Morgan fingerprint density at radius 2 is 2.06 bits per heavy atom. The maximum atomic E-state index is 9.25. The molecule has 2 aromatic rings. The second-order valence-electron chi connectivity index (χ2n) is 4.63. The molecule has 0 aliphatic heterocycles. The SMILES string of the molecule is CC(C)(/C(Cn1cncn1)=N\O)c1ccccc1. The molecular formula is C13H16N4O. The molecule has 18 heavy (non-hydrogen) atoms. The third kappa shape index (κ3) is 2.40. The van der Waals surface area contributed by atoms with Crippen molar-refractivity contribution in [1.29, 1.82) is 0 Å². The Bertz CT molecular complexity index is 517. The number of benzene rings is 1. The van der Waals surface area contributed by atoms with Crippen LogP contribution in [0.4, 0.5) is 0 Å². The van der Waals surface area contributed by atoms with E-state index in [4.69, 9.17) is 0 Å². The van der Waals surface area contributed by atoms with Crippen LogP contribution in [0.1, 0.15) is 19.4 Å². The number of rotatable bonds is 4. The molecule has 5 nitrogen and oxygen atoms in total. The zero-order chi connectivity index (χ0) is 13.0. The predicted molar refractivity (Wildman–Crippen MR) is 68.7 cm³/mol. The van der Waals surface area contributed by atoms with Gasteiger partial charge >= 0.3 is 0 Å². The second kappa shape index (κ2) is 5.00. The molecule has 0 saturated heterocycles. The maximum absolute atomic E-state index is 9.25. The zero-order valence-corrected chi connectivity index (χ0v) is 10.5. The molecule has 0 bridgehead atoms. The van der Waals surface area contributed by atoms with Gasteiger partial charge in [0.15, 0.2) is 0 Å². The Balaban J connectivity index is 2.27. The van der Waals surface area contributed by atoms with Gasteiger partial charge in [-0.05, 0) is 5.56 Å². The lowest BCUT2D eigenvalue weighted by molar-refractivity contribution is 0.311. The van der Waals surface area contributed by atoms with Crippen LogP contribution >= 0.6 is 0 Å². The van der Waals surface area contributed by atoms with Gasteiger partial charge in [-0.1, -0.05) is 49.3 Å². The maximum Gasteiger partial charge on any atom is 0.137 e. The van der Waals surface area contributed by atoms with Crippen molar-refractivity contribution in [3.05, 3.63) is 48.5 Å². The summed E-state index contributed by atoms with van der Waals surface area (Å²) in [5.74, 6) is 0.